The lowest BCUT2D eigenvalue weighted by Gasteiger charge is -2.34. The number of hydrogen-bond donors (Lipinski definition) is 2. The zero-order valence-corrected chi connectivity index (χ0v) is 18.7. The van der Waals surface area contributed by atoms with Crippen molar-refractivity contribution in [1.29, 1.82) is 0 Å². The van der Waals surface area contributed by atoms with Gasteiger partial charge in [-0.2, -0.15) is 0 Å². The highest BCUT2D eigenvalue weighted by atomic mass is 16.5. The highest BCUT2D eigenvalue weighted by Crippen LogP contribution is 2.09. The summed E-state index contributed by atoms with van der Waals surface area (Å²) in [6, 6.07) is 0. The summed E-state index contributed by atoms with van der Waals surface area (Å²) >= 11 is 0. The SMILES string of the molecule is CCNC(=NCC1CN(CC(C)C)CCO1)NCC1CN(CC(C)C)CCO1. The molecule has 0 aliphatic carbocycles. The summed E-state index contributed by atoms with van der Waals surface area (Å²) < 4.78 is 11.9. The molecule has 7 heteroatoms. The van der Waals surface area contributed by atoms with Crippen LogP contribution < -0.4 is 10.6 Å². The van der Waals surface area contributed by atoms with Crippen LogP contribution >= 0.6 is 0 Å². The van der Waals surface area contributed by atoms with Crippen molar-refractivity contribution in [2.75, 3.05) is 72.1 Å². The zero-order valence-electron chi connectivity index (χ0n) is 18.7. The van der Waals surface area contributed by atoms with Gasteiger partial charge in [-0.05, 0) is 18.8 Å². The number of rotatable bonds is 9. The number of nitrogens with zero attached hydrogens (tertiary/aromatic N) is 3. The molecule has 28 heavy (non-hydrogen) atoms. The molecular formula is C21H43N5O2. The summed E-state index contributed by atoms with van der Waals surface area (Å²) in [6.07, 6.45) is 0.388. The first-order valence-corrected chi connectivity index (χ1v) is 11.2. The molecule has 0 aromatic carbocycles. The van der Waals surface area contributed by atoms with Gasteiger partial charge in [-0.1, -0.05) is 27.7 Å². The van der Waals surface area contributed by atoms with Crippen molar-refractivity contribution in [3.63, 3.8) is 0 Å². The minimum atomic E-state index is 0.176. The highest BCUT2D eigenvalue weighted by Gasteiger charge is 2.22. The summed E-state index contributed by atoms with van der Waals surface area (Å²) in [4.78, 5) is 9.77. The molecular weight excluding hydrogens is 354 g/mol. The number of ether oxygens (including phenoxy) is 2. The molecule has 0 aromatic heterocycles. The number of nitrogens with one attached hydrogen (secondary N) is 2. The zero-order chi connectivity index (χ0) is 20.4. The summed E-state index contributed by atoms with van der Waals surface area (Å²) in [5.74, 6) is 2.24. The largest absolute Gasteiger partial charge is 0.374 e. The molecule has 2 aliphatic heterocycles. The molecule has 0 bridgehead atoms. The standard InChI is InChI=1S/C21H43N5O2/c1-6-22-21(23-11-19-15-25(7-9-27-19)13-17(2)3)24-12-20-16-26(8-10-28-20)14-18(4)5/h17-20H,6-16H2,1-5H3,(H2,22,23,24). The van der Waals surface area contributed by atoms with Gasteiger partial charge >= 0.3 is 0 Å². The Kier molecular flexibility index (Phi) is 10.5. The van der Waals surface area contributed by atoms with E-state index in [2.05, 4.69) is 55.1 Å². The van der Waals surface area contributed by atoms with E-state index >= 15 is 0 Å². The van der Waals surface area contributed by atoms with E-state index in [4.69, 9.17) is 14.5 Å². The maximum absolute atomic E-state index is 5.95. The fraction of sp³-hybridized carbons (Fsp3) is 0.952. The molecule has 7 nitrogen and oxygen atoms in total. The number of hydrogen-bond acceptors (Lipinski definition) is 5. The van der Waals surface area contributed by atoms with E-state index in [9.17, 15) is 0 Å². The average Bonchev–Trinajstić information content (AvgIpc) is 2.63. The molecule has 0 spiro atoms. The van der Waals surface area contributed by atoms with Crippen LogP contribution in [-0.2, 0) is 9.47 Å². The quantitative estimate of drug-likeness (QED) is 0.451. The second kappa shape index (κ2) is 12.6. The van der Waals surface area contributed by atoms with Gasteiger partial charge in [-0.3, -0.25) is 14.8 Å². The van der Waals surface area contributed by atoms with Crippen LogP contribution in [0.3, 0.4) is 0 Å². The molecule has 0 aromatic rings. The first-order valence-electron chi connectivity index (χ1n) is 11.2. The van der Waals surface area contributed by atoms with E-state index in [1.807, 2.05) is 0 Å². The number of morpholine rings is 2. The lowest BCUT2D eigenvalue weighted by atomic mass is 10.2. The van der Waals surface area contributed by atoms with Crippen LogP contribution in [-0.4, -0.2) is 100 Å². The van der Waals surface area contributed by atoms with Crippen molar-refractivity contribution in [3.8, 4) is 0 Å². The van der Waals surface area contributed by atoms with E-state index in [-0.39, 0.29) is 12.2 Å². The van der Waals surface area contributed by atoms with Gasteiger partial charge in [0.25, 0.3) is 0 Å². The first kappa shape index (κ1) is 23.4. The third kappa shape index (κ3) is 9.07. The van der Waals surface area contributed by atoms with Gasteiger partial charge in [0.15, 0.2) is 5.96 Å². The van der Waals surface area contributed by atoms with Gasteiger partial charge in [0.05, 0.1) is 32.0 Å². The van der Waals surface area contributed by atoms with Crippen LogP contribution in [0, 0.1) is 11.8 Å². The Morgan fingerprint density at radius 2 is 1.50 bits per heavy atom. The molecule has 2 aliphatic rings. The Morgan fingerprint density at radius 1 is 0.929 bits per heavy atom. The fourth-order valence-electron chi connectivity index (χ4n) is 3.90. The van der Waals surface area contributed by atoms with E-state index in [0.29, 0.717) is 18.4 Å². The van der Waals surface area contributed by atoms with Crippen molar-refractivity contribution >= 4 is 5.96 Å². The normalized spacial score (nSPS) is 25.5. The van der Waals surface area contributed by atoms with Crippen LogP contribution in [0.1, 0.15) is 34.6 Å². The van der Waals surface area contributed by atoms with Gasteiger partial charge in [-0.25, -0.2) is 0 Å². The van der Waals surface area contributed by atoms with Gasteiger partial charge in [0.1, 0.15) is 0 Å². The third-order valence-corrected chi connectivity index (χ3v) is 4.99. The number of guanidine groups is 1. The molecule has 2 saturated heterocycles. The Bertz CT molecular complexity index is 458. The lowest BCUT2D eigenvalue weighted by molar-refractivity contribution is -0.0287. The molecule has 164 valence electrons. The Labute approximate surface area is 172 Å². The van der Waals surface area contributed by atoms with Crippen molar-refractivity contribution in [2.45, 2.75) is 46.8 Å². The molecule has 2 heterocycles. The van der Waals surface area contributed by atoms with Gasteiger partial charge in [0, 0.05) is 52.4 Å². The fourth-order valence-corrected chi connectivity index (χ4v) is 3.90. The molecule has 2 atom stereocenters. The minimum absolute atomic E-state index is 0.176. The third-order valence-electron chi connectivity index (χ3n) is 4.99. The molecule has 2 N–H and O–H groups in total. The molecule has 2 rings (SSSR count). The smallest absolute Gasteiger partial charge is 0.191 e. The molecule has 2 fully saturated rings. The van der Waals surface area contributed by atoms with E-state index in [1.165, 1.54) is 0 Å². The molecule has 2 unspecified atom stereocenters. The first-order chi connectivity index (χ1) is 13.5. The van der Waals surface area contributed by atoms with Crippen LogP contribution in [0.15, 0.2) is 4.99 Å². The summed E-state index contributed by atoms with van der Waals surface area (Å²) in [6.45, 7) is 21.4. The Morgan fingerprint density at radius 3 is 2.07 bits per heavy atom. The van der Waals surface area contributed by atoms with Crippen LogP contribution in [0.25, 0.3) is 0 Å². The lowest BCUT2D eigenvalue weighted by Crippen LogP contribution is -2.50. The second-order valence-corrected chi connectivity index (χ2v) is 8.89. The predicted octanol–water partition coefficient (Wildman–Crippen LogP) is 1.26. The van der Waals surface area contributed by atoms with E-state index in [0.717, 1.165) is 71.5 Å². The van der Waals surface area contributed by atoms with E-state index in [1.54, 1.807) is 0 Å². The van der Waals surface area contributed by atoms with Gasteiger partial charge in [0.2, 0.25) is 0 Å². The Hall–Kier alpha value is -0.890. The van der Waals surface area contributed by atoms with Crippen LogP contribution in [0.5, 0.6) is 0 Å². The van der Waals surface area contributed by atoms with Gasteiger partial charge < -0.3 is 20.1 Å². The van der Waals surface area contributed by atoms with Crippen molar-refractivity contribution in [2.24, 2.45) is 16.8 Å². The number of aliphatic imine (C=N–C) groups is 1. The van der Waals surface area contributed by atoms with Crippen molar-refractivity contribution < 1.29 is 9.47 Å². The van der Waals surface area contributed by atoms with Crippen molar-refractivity contribution in [1.82, 2.24) is 20.4 Å². The summed E-state index contributed by atoms with van der Waals surface area (Å²) in [7, 11) is 0. The second-order valence-electron chi connectivity index (χ2n) is 8.89. The average molecular weight is 398 g/mol. The molecule has 0 radical (unpaired) electrons. The van der Waals surface area contributed by atoms with Gasteiger partial charge in [-0.15, -0.1) is 0 Å². The Balaban J connectivity index is 1.78. The topological polar surface area (TPSA) is 61.4 Å². The maximum Gasteiger partial charge on any atom is 0.191 e. The molecule has 0 saturated carbocycles. The van der Waals surface area contributed by atoms with Crippen LogP contribution in [0.2, 0.25) is 0 Å². The highest BCUT2D eigenvalue weighted by molar-refractivity contribution is 5.79. The summed E-state index contributed by atoms with van der Waals surface area (Å²) in [5, 5.41) is 6.81. The maximum atomic E-state index is 5.95. The predicted molar refractivity (Wildman–Crippen MR) is 116 cm³/mol. The van der Waals surface area contributed by atoms with Crippen molar-refractivity contribution in [3.05, 3.63) is 0 Å². The van der Waals surface area contributed by atoms with E-state index < -0.39 is 0 Å². The molecule has 0 amide bonds. The summed E-state index contributed by atoms with van der Waals surface area (Å²) in [5.41, 5.74) is 0. The monoisotopic (exact) mass is 397 g/mol. The minimum Gasteiger partial charge on any atom is -0.374 e. The van der Waals surface area contributed by atoms with Crippen LogP contribution in [0.4, 0.5) is 0 Å².